The first-order chi connectivity index (χ1) is 7.99. The van der Waals surface area contributed by atoms with E-state index in [9.17, 15) is 13.9 Å². The van der Waals surface area contributed by atoms with Crippen LogP contribution in [0.4, 0.5) is 8.78 Å². The molecule has 0 radical (unpaired) electrons. The number of benzene rings is 1. The molecule has 1 atom stereocenters. The van der Waals surface area contributed by atoms with Crippen molar-refractivity contribution in [3.63, 3.8) is 0 Å². The van der Waals surface area contributed by atoms with E-state index in [1.54, 1.807) is 0 Å². The molecule has 2 aromatic rings. The second-order valence-electron chi connectivity index (χ2n) is 3.96. The fourth-order valence-corrected chi connectivity index (χ4v) is 1.56. The average molecular weight is 238 g/mol. The van der Waals surface area contributed by atoms with Crippen LogP contribution in [0.25, 0.3) is 11.3 Å². The van der Waals surface area contributed by atoms with Crippen molar-refractivity contribution >= 4 is 0 Å². The number of aliphatic hydroxyl groups excluding tert-OH is 1. The van der Waals surface area contributed by atoms with Crippen molar-refractivity contribution in [3.05, 3.63) is 47.2 Å². The SMILES string of the molecule is Cc1cc(F)c(-c2ccc(C(C)O)o2)cc1F. The number of aryl methyl sites for hydroxylation is 1. The predicted octanol–water partition coefficient (Wildman–Crippen LogP) is 3.59. The fourth-order valence-electron chi connectivity index (χ4n) is 1.56. The minimum atomic E-state index is -0.776. The zero-order valence-corrected chi connectivity index (χ0v) is 9.50. The summed E-state index contributed by atoms with van der Waals surface area (Å²) in [6.45, 7) is 3.03. The summed E-state index contributed by atoms with van der Waals surface area (Å²) in [5, 5.41) is 9.29. The maximum atomic E-state index is 13.6. The molecule has 1 unspecified atom stereocenters. The molecule has 1 heterocycles. The van der Waals surface area contributed by atoms with Gasteiger partial charge in [-0.3, -0.25) is 0 Å². The van der Waals surface area contributed by atoms with Crippen molar-refractivity contribution in [2.24, 2.45) is 0 Å². The molecule has 17 heavy (non-hydrogen) atoms. The van der Waals surface area contributed by atoms with E-state index >= 15 is 0 Å². The predicted molar refractivity (Wildman–Crippen MR) is 59.4 cm³/mol. The maximum Gasteiger partial charge on any atom is 0.137 e. The molecule has 1 aromatic carbocycles. The van der Waals surface area contributed by atoms with Gasteiger partial charge in [0.2, 0.25) is 0 Å². The fraction of sp³-hybridized carbons (Fsp3) is 0.231. The Bertz CT molecular complexity index is 544. The third kappa shape index (κ3) is 2.22. The van der Waals surface area contributed by atoms with E-state index in [4.69, 9.17) is 4.42 Å². The van der Waals surface area contributed by atoms with Crippen molar-refractivity contribution in [1.82, 2.24) is 0 Å². The Balaban J connectivity index is 2.49. The highest BCUT2D eigenvalue weighted by Gasteiger charge is 2.14. The Labute approximate surface area is 97.5 Å². The van der Waals surface area contributed by atoms with Crippen molar-refractivity contribution in [2.45, 2.75) is 20.0 Å². The van der Waals surface area contributed by atoms with Crippen LogP contribution in [-0.2, 0) is 0 Å². The zero-order valence-electron chi connectivity index (χ0n) is 9.50. The molecule has 1 aromatic heterocycles. The first-order valence-corrected chi connectivity index (χ1v) is 5.23. The van der Waals surface area contributed by atoms with Crippen LogP contribution in [0.1, 0.15) is 24.4 Å². The molecule has 2 nitrogen and oxygen atoms in total. The second kappa shape index (κ2) is 4.30. The highest BCUT2D eigenvalue weighted by atomic mass is 19.1. The molecule has 0 amide bonds. The normalized spacial score (nSPS) is 12.8. The number of aliphatic hydroxyl groups is 1. The Morgan fingerprint density at radius 1 is 1.18 bits per heavy atom. The molecule has 4 heteroatoms. The summed E-state index contributed by atoms with van der Waals surface area (Å²) in [4.78, 5) is 0. The average Bonchev–Trinajstić information content (AvgIpc) is 2.72. The lowest BCUT2D eigenvalue weighted by Crippen LogP contribution is -1.90. The van der Waals surface area contributed by atoms with Crippen LogP contribution in [0.3, 0.4) is 0 Å². The summed E-state index contributed by atoms with van der Waals surface area (Å²) in [5.41, 5.74) is 0.300. The van der Waals surface area contributed by atoms with Gasteiger partial charge in [-0.15, -0.1) is 0 Å². The topological polar surface area (TPSA) is 33.4 Å². The summed E-state index contributed by atoms with van der Waals surface area (Å²) in [5.74, 6) is -0.510. The van der Waals surface area contributed by atoms with Crippen molar-refractivity contribution in [3.8, 4) is 11.3 Å². The maximum absolute atomic E-state index is 13.6. The van der Waals surface area contributed by atoms with Gasteiger partial charge in [-0.05, 0) is 43.7 Å². The molecule has 0 saturated heterocycles. The van der Waals surface area contributed by atoms with Gasteiger partial charge < -0.3 is 9.52 Å². The molecule has 0 saturated carbocycles. The monoisotopic (exact) mass is 238 g/mol. The van der Waals surface area contributed by atoms with Crippen molar-refractivity contribution in [2.75, 3.05) is 0 Å². The first kappa shape index (κ1) is 11.8. The molecule has 0 aliphatic heterocycles. The molecule has 1 N–H and O–H groups in total. The third-order valence-corrected chi connectivity index (χ3v) is 2.55. The van der Waals surface area contributed by atoms with Gasteiger partial charge in [0.25, 0.3) is 0 Å². The van der Waals surface area contributed by atoms with Crippen LogP contribution in [-0.4, -0.2) is 5.11 Å². The quantitative estimate of drug-likeness (QED) is 0.867. The van der Waals surface area contributed by atoms with Gasteiger partial charge in [0.05, 0.1) is 5.56 Å². The van der Waals surface area contributed by atoms with Gasteiger partial charge in [-0.25, -0.2) is 8.78 Å². The third-order valence-electron chi connectivity index (χ3n) is 2.55. The van der Waals surface area contributed by atoms with E-state index in [2.05, 4.69) is 0 Å². The molecule has 0 aliphatic carbocycles. The van der Waals surface area contributed by atoms with Gasteiger partial charge >= 0.3 is 0 Å². The molecule has 90 valence electrons. The van der Waals surface area contributed by atoms with E-state index in [-0.39, 0.29) is 16.9 Å². The highest BCUT2D eigenvalue weighted by molar-refractivity contribution is 5.59. The molecule has 0 fully saturated rings. The van der Waals surface area contributed by atoms with Crippen LogP contribution in [0.5, 0.6) is 0 Å². The van der Waals surface area contributed by atoms with E-state index in [1.807, 2.05) is 0 Å². The van der Waals surface area contributed by atoms with Gasteiger partial charge in [0, 0.05) is 0 Å². The minimum Gasteiger partial charge on any atom is -0.458 e. The molecule has 0 spiro atoms. The lowest BCUT2D eigenvalue weighted by molar-refractivity contribution is 0.170. The summed E-state index contributed by atoms with van der Waals surface area (Å²) < 4.78 is 32.2. The second-order valence-corrected chi connectivity index (χ2v) is 3.96. The van der Waals surface area contributed by atoms with Gasteiger partial charge in [0.15, 0.2) is 0 Å². The number of hydrogen-bond donors (Lipinski definition) is 1. The Kier molecular flexibility index (Phi) is 2.98. The Morgan fingerprint density at radius 2 is 1.88 bits per heavy atom. The lowest BCUT2D eigenvalue weighted by Gasteiger charge is -2.03. The summed E-state index contributed by atoms with van der Waals surface area (Å²) in [6, 6.07) is 5.26. The van der Waals surface area contributed by atoms with E-state index in [0.717, 1.165) is 12.1 Å². The van der Waals surface area contributed by atoms with E-state index < -0.39 is 17.7 Å². The number of rotatable bonds is 2. The number of furan rings is 1. The van der Waals surface area contributed by atoms with E-state index in [1.165, 1.54) is 26.0 Å². The minimum absolute atomic E-state index is 0.0556. The summed E-state index contributed by atoms with van der Waals surface area (Å²) in [7, 11) is 0. The van der Waals surface area contributed by atoms with Gasteiger partial charge in [-0.1, -0.05) is 0 Å². The van der Waals surface area contributed by atoms with E-state index in [0.29, 0.717) is 5.76 Å². The number of hydrogen-bond acceptors (Lipinski definition) is 2. The van der Waals surface area contributed by atoms with Gasteiger partial charge in [-0.2, -0.15) is 0 Å². The smallest absolute Gasteiger partial charge is 0.137 e. The Hall–Kier alpha value is -1.68. The number of halogens is 2. The zero-order chi connectivity index (χ0) is 12.6. The lowest BCUT2D eigenvalue weighted by atomic mass is 10.1. The largest absolute Gasteiger partial charge is 0.458 e. The molecule has 0 bridgehead atoms. The van der Waals surface area contributed by atoms with Crippen molar-refractivity contribution in [1.29, 1.82) is 0 Å². The van der Waals surface area contributed by atoms with Crippen LogP contribution < -0.4 is 0 Å². The standard InChI is InChI=1S/C13H12F2O2/c1-7-5-11(15)9(6-10(7)14)13-4-3-12(17-13)8(2)16/h3-6,8,16H,1-2H3. The van der Waals surface area contributed by atoms with Crippen LogP contribution in [0, 0.1) is 18.6 Å². The van der Waals surface area contributed by atoms with Crippen LogP contribution >= 0.6 is 0 Å². The molecular formula is C13H12F2O2. The van der Waals surface area contributed by atoms with Crippen molar-refractivity contribution < 1.29 is 18.3 Å². The molecule has 2 rings (SSSR count). The summed E-state index contributed by atoms with van der Waals surface area (Å²) in [6.07, 6.45) is -0.776. The molecular weight excluding hydrogens is 226 g/mol. The Morgan fingerprint density at radius 3 is 2.47 bits per heavy atom. The van der Waals surface area contributed by atoms with Crippen LogP contribution in [0.15, 0.2) is 28.7 Å². The first-order valence-electron chi connectivity index (χ1n) is 5.23. The highest BCUT2D eigenvalue weighted by Crippen LogP contribution is 2.28. The van der Waals surface area contributed by atoms with Gasteiger partial charge in [0.1, 0.15) is 29.3 Å². The molecule has 0 aliphatic rings. The summed E-state index contributed by atoms with van der Waals surface area (Å²) >= 11 is 0. The van der Waals surface area contributed by atoms with Crippen LogP contribution in [0.2, 0.25) is 0 Å².